The number of isocyanates is 1. The summed E-state index contributed by atoms with van der Waals surface area (Å²) in [5, 5.41) is 15.0. The number of carbonyl (C=O) groups excluding carboxylic acids is 3. The number of ether oxygens (including phenoxy) is 1. The van der Waals surface area contributed by atoms with Crippen LogP contribution in [-0.4, -0.2) is 66.3 Å². The first-order valence-electron chi connectivity index (χ1n) is 16.2. The normalized spacial score (nSPS) is 16.2. The lowest BCUT2D eigenvalue weighted by Crippen LogP contribution is -2.41. The van der Waals surface area contributed by atoms with Crippen molar-refractivity contribution in [2.24, 2.45) is 16.8 Å². The van der Waals surface area contributed by atoms with E-state index in [-0.39, 0.29) is 30.5 Å². The van der Waals surface area contributed by atoms with E-state index in [4.69, 9.17) is 4.74 Å². The molecule has 1 unspecified atom stereocenters. The first kappa shape index (κ1) is 37.2. The topological polar surface area (TPSA) is 137 Å². The fourth-order valence-electron chi connectivity index (χ4n) is 5.14. The molecule has 3 atom stereocenters. The predicted octanol–water partition coefficient (Wildman–Crippen LogP) is 6.95. The molecule has 0 spiro atoms. The van der Waals surface area contributed by atoms with Crippen LogP contribution in [0.5, 0.6) is 0 Å². The quantitative estimate of drug-likeness (QED) is 0.0992. The number of nitrogens with one attached hydrogen (secondary N) is 2. The highest BCUT2D eigenvalue weighted by Gasteiger charge is 2.29. The summed E-state index contributed by atoms with van der Waals surface area (Å²) in [6.45, 7) is 5.77. The molecule has 0 aromatic heterocycles. The minimum Gasteiger partial charge on any atom is -0.481 e. The van der Waals surface area contributed by atoms with E-state index in [1.807, 2.05) is 60.4 Å². The first-order chi connectivity index (χ1) is 21.9. The monoisotopic (exact) mass is 622 g/mol. The molecule has 246 valence electrons. The van der Waals surface area contributed by atoms with E-state index < -0.39 is 11.9 Å². The lowest BCUT2D eigenvalue weighted by molar-refractivity contribution is -0.142. The Morgan fingerprint density at radius 1 is 0.978 bits per heavy atom. The number of benzene rings is 2. The maximum Gasteiger partial charge on any atom is 0.321 e. The van der Waals surface area contributed by atoms with E-state index in [0.29, 0.717) is 38.2 Å². The number of nitrogens with zero attached hydrogens (tertiary/aromatic N) is 2. The molecule has 10 nitrogen and oxygen atoms in total. The van der Waals surface area contributed by atoms with Crippen LogP contribution in [0.25, 0.3) is 0 Å². The van der Waals surface area contributed by atoms with Gasteiger partial charge in [0.1, 0.15) is 0 Å². The summed E-state index contributed by atoms with van der Waals surface area (Å²) in [5.74, 6) is -1.68. The van der Waals surface area contributed by atoms with Crippen LogP contribution in [0, 0.1) is 11.8 Å². The fraction of sp³-hybridized carbons (Fsp3) is 0.543. The van der Waals surface area contributed by atoms with Crippen molar-refractivity contribution in [1.29, 1.82) is 0 Å². The van der Waals surface area contributed by atoms with Gasteiger partial charge >= 0.3 is 12.0 Å². The summed E-state index contributed by atoms with van der Waals surface area (Å²) in [4.78, 5) is 51.6. The maximum absolute atomic E-state index is 12.9. The van der Waals surface area contributed by atoms with Crippen molar-refractivity contribution in [2.45, 2.75) is 84.2 Å². The Balaban J connectivity index is 0.000000669. The van der Waals surface area contributed by atoms with Gasteiger partial charge in [0.15, 0.2) is 0 Å². The van der Waals surface area contributed by atoms with Gasteiger partial charge < -0.3 is 25.4 Å². The standard InChI is InChI=1S/C28H45N3O5.C7H5NO/c1-3-5-6-7-11-17-31(28(35)30-24-14-9-8-10-15-24)18-19-36-25-16-12-13-23(20-25)26(32)29-21-22(4-2)27(33)34;9-6-8-7-4-2-1-3-5-7/h8-10,14-15,22-23,25H,3-7,11-13,16-21H2,1-2H3,(H,29,32)(H,30,35)(H,33,34);1-5H/t22?,23-,25+;/m1./s1. The second-order valence-electron chi connectivity index (χ2n) is 11.3. The Bertz CT molecular complexity index is 1170. The SMILES string of the molecule is CCCCCCCN(CCO[C@H]1CCC[C@@H](C(=O)NCC(CC)C(=O)O)C1)C(=O)Nc1ccccc1.O=C=Nc1ccccc1. The third-order valence-corrected chi connectivity index (χ3v) is 7.85. The number of amides is 3. The lowest BCUT2D eigenvalue weighted by Gasteiger charge is -2.30. The third-order valence-electron chi connectivity index (χ3n) is 7.85. The molecule has 2 aromatic rings. The van der Waals surface area contributed by atoms with Crippen molar-refractivity contribution in [3.63, 3.8) is 0 Å². The molecule has 0 heterocycles. The van der Waals surface area contributed by atoms with Gasteiger partial charge in [-0.2, -0.15) is 4.99 Å². The average Bonchev–Trinajstić information content (AvgIpc) is 3.05. The van der Waals surface area contributed by atoms with Crippen LogP contribution in [0.3, 0.4) is 0 Å². The highest BCUT2D eigenvalue weighted by molar-refractivity contribution is 5.89. The van der Waals surface area contributed by atoms with Gasteiger partial charge in [0.25, 0.3) is 0 Å². The second kappa shape index (κ2) is 22.5. The van der Waals surface area contributed by atoms with Crippen molar-refractivity contribution < 1.29 is 29.0 Å². The number of unbranched alkanes of at least 4 members (excludes halogenated alkanes) is 4. The molecule has 0 saturated heterocycles. The summed E-state index contributed by atoms with van der Waals surface area (Å²) in [7, 11) is 0. The Morgan fingerprint density at radius 3 is 2.31 bits per heavy atom. The van der Waals surface area contributed by atoms with E-state index in [1.54, 1.807) is 12.1 Å². The molecule has 1 fully saturated rings. The molecule has 10 heteroatoms. The molecule has 3 rings (SSSR count). The molecule has 45 heavy (non-hydrogen) atoms. The molecule has 3 amide bonds. The molecule has 1 aliphatic carbocycles. The van der Waals surface area contributed by atoms with Crippen molar-refractivity contribution in [1.82, 2.24) is 10.2 Å². The van der Waals surface area contributed by atoms with Gasteiger partial charge in [0, 0.05) is 31.2 Å². The van der Waals surface area contributed by atoms with Gasteiger partial charge in [0.2, 0.25) is 12.0 Å². The first-order valence-corrected chi connectivity index (χ1v) is 16.2. The summed E-state index contributed by atoms with van der Waals surface area (Å²) in [5.41, 5.74) is 1.42. The number of anilines is 1. The smallest absolute Gasteiger partial charge is 0.321 e. The Morgan fingerprint density at radius 2 is 1.67 bits per heavy atom. The van der Waals surface area contributed by atoms with Crippen LogP contribution in [0.1, 0.15) is 78.1 Å². The van der Waals surface area contributed by atoms with Gasteiger partial charge in [-0.3, -0.25) is 9.59 Å². The highest BCUT2D eigenvalue weighted by Crippen LogP contribution is 2.26. The van der Waals surface area contributed by atoms with Crippen molar-refractivity contribution in [3.05, 3.63) is 60.7 Å². The zero-order chi connectivity index (χ0) is 32.7. The number of urea groups is 1. The number of rotatable bonds is 17. The molecule has 0 aliphatic heterocycles. The number of aliphatic carboxylic acids is 1. The Labute approximate surface area is 267 Å². The Hall–Kier alpha value is -4.01. The Kier molecular flexibility index (Phi) is 18.6. The minimum absolute atomic E-state index is 0.0282. The van der Waals surface area contributed by atoms with E-state index in [2.05, 4.69) is 22.5 Å². The van der Waals surface area contributed by atoms with Gasteiger partial charge in [-0.1, -0.05) is 82.3 Å². The number of aliphatic imine (C=N–C) groups is 1. The van der Waals surface area contributed by atoms with Crippen LogP contribution in [0.15, 0.2) is 65.7 Å². The zero-order valence-electron chi connectivity index (χ0n) is 26.8. The fourth-order valence-corrected chi connectivity index (χ4v) is 5.14. The van der Waals surface area contributed by atoms with Crippen LogP contribution < -0.4 is 10.6 Å². The number of carbonyl (C=O) groups is 3. The molecule has 0 bridgehead atoms. The maximum atomic E-state index is 12.9. The average molecular weight is 623 g/mol. The van der Waals surface area contributed by atoms with Crippen LogP contribution in [0.2, 0.25) is 0 Å². The van der Waals surface area contributed by atoms with Gasteiger partial charge in [-0.05, 0) is 56.4 Å². The number of carboxylic acid groups (broad SMARTS) is 1. The van der Waals surface area contributed by atoms with Crippen LogP contribution in [-0.2, 0) is 19.1 Å². The molecular weight excluding hydrogens is 572 g/mol. The largest absolute Gasteiger partial charge is 0.481 e. The number of para-hydroxylation sites is 2. The minimum atomic E-state index is -0.881. The molecule has 1 aliphatic rings. The number of hydrogen-bond acceptors (Lipinski definition) is 6. The summed E-state index contributed by atoms with van der Waals surface area (Å²) in [6, 6.07) is 18.3. The molecular formula is C35H50N4O6. The summed E-state index contributed by atoms with van der Waals surface area (Å²) in [6.07, 6.45) is 10.8. The van der Waals surface area contributed by atoms with Crippen molar-refractivity contribution >= 4 is 35.4 Å². The third kappa shape index (κ3) is 15.5. The van der Waals surface area contributed by atoms with Crippen molar-refractivity contribution in [3.8, 4) is 0 Å². The number of hydrogen-bond donors (Lipinski definition) is 3. The van der Waals surface area contributed by atoms with Crippen LogP contribution in [0.4, 0.5) is 16.2 Å². The molecule has 3 N–H and O–H groups in total. The van der Waals surface area contributed by atoms with Crippen LogP contribution >= 0.6 is 0 Å². The molecule has 1 saturated carbocycles. The van der Waals surface area contributed by atoms with Crippen molar-refractivity contribution in [2.75, 3.05) is 31.6 Å². The summed E-state index contributed by atoms with van der Waals surface area (Å²) < 4.78 is 6.13. The molecule has 2 aromatic carbocycles. The van der Waals surface area contributed by atoms with E-state index in [1.165, 1.54) is 25.3 Å². The lowest BCUT2D eigenvalue weighted by atomic mass is 9.86. The van der Waals surface area contributed by atoms with Gasteiger partial charge in [-0.25, -0.2) is 9.59 Å². The second-order valence-corrected chi connectivity index (χ2v) is 11.3. The van der Waals surface area contributed by atoms with Gasteiger partial charge in [0.05, 0.1) is 24.3 Å². The zero-order valence-corrected chi connectivity index (χ0v) is 26.8. The summed E-state index contributed by atoms with van der Waals surface area (Å²) >= 11 is 0. The van der Waals surface area contributed by atoms with E-state index in [0.717, 1.165) is 37.8 Å². The van der Waals surface area contributed by atoms with Gasteiger partial charge in [-0.15, -0.1) is 0 Å². The van der Waals surface area contributed by atoms with E-state index in [9.17, 15) is 24.3 Å². The highest BCUT2D eigenvalue weighted by atomic mass is 16.5. The van der Waals surface area contributed by atoms with E-state index >= 15 is 0 Å². The number of carboxylic acids is 1. The molecule has 0 radical (unpaired) electrons. The predicted molar refractivity (Wildman–Crippen MR) is 176 cm³/mol.